The van der Waals surface area contributed by atoms with Gasteiger partial charge in [0.05, 0.1) is 39.4 Å². The number of ether oxygens (including phenoxy) is 1. The van der Waals surface area contributed by atoms with Crippen molar-refractivity contribution in [3.8, 4) is 11.3 Å². The van der Waals surface area contributed by atoms with Gasteiger partial charge in [-0.15, -0.1) is 0 Å². The van der Waals surface area contributed by atoms with Gasteiger partial charge < -0.3 is 10.1 Å². The van der Waals surface area contributed by atoms with Crippen LogP contribution in [0.2, 0.25) is 5.02 Å². The highest BCUT2D eigenvalue weighted by Crippen LogP contribution is 2.30. The predicted molar refractivity (Wildman–Crippen MR) is 131 cm³/mol. The lowest BCUT2D eigenvalue weighted by Gasteiger charge is -2.10. The van der Waals surface area contributed by atoms with Gasteiger partial charge in [0.1, 0.15) is 0 Å². The molecule has 0 spiro atoms. The fraction of sp³-hybridized carbons (Fsp3) is 0.125. The second-order valence-electron chi connectivity index (χ2n) is 7.31. The molecule has 1 amide bonds. The summed E-state index contributed by atoms with van der Waals surface area (Å²) in [7, 11) is -2.19. The highest BCUT2D eigenvalue weighted by molar-refractivity contribution is 7.89. The number of rotatable bonds is 8. The van der Waals surface area contributed by atoms with Crippen molar-refractivity contribution in [1.82, 2.24) is 14.7 Å². The van der Waals surface area contributed by atoms with Crippen LogP contribution >= 0.6 is 11.6 Å². The fourth-order valence-electron chi connectivity index (χ4n) is 3.24. The number of carbonyl (C=O) groups excluding carboxylic acids is 1. The van der Waals surface area contributed by atoms with Gasteiger partial charge in [-0.2, -0.15) is 0 Å². The van der Waals surface area contributed by atoms with E-state index in [0.717, 1.165) is 11.0 Å². The Morgan fingerprint density at radius 2 is 1.76 bits per heavy atom. The van der Waals surface area contributed by atoms with Crippen molar-refractivity contribution in [2.24, 2.45) is 0 Å². The molecule has 2 N–H and O–H groups in total. The minimum absolute atomic E-state index is 0.0591. The van der Waals surface area contributed by atoms with Crippen LogP contribution < -0.4 is 10.0 Å². The molecule has 8 nitrogen and oxygen atoms in total. The number of anilines is 1. The summed E-state index contributed by atoms with van der Waals surface area (Å²) in [5.41, 5.74) is 3.52. The number of nitrogens with zero attached hydrogens (tertiary/aromatic N) is 2. The van der Waals surface area contributed by atoms with Crippen molar-refractivity contribution in [2.75, 3.05) is 25.6 Å². The van der Waals surface area contributed by atoms with E-state index < -0.39 is 15.9 Å². The normalized spacial score (nSPS) is 11.5. The van der Waals surface area contributed by atoms with Crippen LogP contribution in [0.3, 0.4) is 0 Å². The smallest absolute Gasteiger partial charge is 0.255 e. The number of benzene rings is 3. The quantitative estimate of drug-likeness (QED) is 0.355. The number of amides is 1. The largest absolute Gasteiger partial charge is 0.383 e. The summed E-state index contributed by atoms with van der Waals surface area (Å²) >= 11 is 6.39. The zero-order valence-electron chi connectivity index (χ0n) is 18.2. The number of methoxy groups -OCH3 is 1. The van der Waals surface area contributed by atoms with Crippen molar-refractivity contribution in [2.45, 2.75) is 4.90 Å². The molecule has 0 aliphatic heterocycles. The van der Waals surface area contributed by atoms with Crippen LogP contribution in [0, 0.1) is 0 Å². The van der Waals surface area contributed by atoms with Crippen LogP contribution in [0.5, 0.6) is 0 Å². The molecule has 0 saturated carbocycles. The maximum absolute atomic E-state index is 12.7. The number of sulfonamides is 1. The molecule has 0 aliphatic rings. The van der Waals surface area contributed by atoms with E-state index in [1.54, 1.807) is 24.4 Å². The third kappa shape index (κ3) is 5.40. The average Bonchev–Trinajstić information content (AvgIpc) is 2.85. The lowest BCUT2D eigenvalue weighted by molar-refractivity contribution is 0.102. The maximum atomic E-state index is 12.7. The third-order valence-corrected chi connectivity index (χ3v) is 6.78. The van der Waals surface area contributed by atoms with Crippen molar-refractivity contribution < 1.29 is 17.9 Å². The van der Waals surface area contributed by atoms with Gasteiger partial charge in [0.15, 0.2) is 0 Å². The van der Waals surface area contributed by atoms with Crippen LogP contribution in [0.25, 0.3) is 22.3 Å². The summed E-state index contributed by atoms with van der Waals surface area (Å²) in [5, 5.41) is 3.28. The summed E-state index contributed by atoms with van der Waals surface area (Å²) in [6.45, 7) is 0.412. The molecule has 0 saturated heterocycles. The van der Waals surface area contributed by atoms with Crippen molar-refractivity contribution in [1.29, 1.82) is 0 Å². The van der Waals surface area contributed by atoms with E-state index in [9.17, 15) is 13.2 Å². The van der Waals surface area contributed by atoms with Gasteiger partial charge in [-0.05, 0) is 54.6 Å². The van der Waals surface area contributed by atoms with Crippen LogP contribution in [0.1, 0.15) is 10.4 Å². The first-order valence-electron chi connectivity index (χ1n) is 10.3. The molecule has 4 aromatic rings. The number of hydrogen-bond acceptors (Lipinski definition) is 6. The fourth-order valence-corrected chi connectivity index (χ4v) is 4.46. The monoisotopic (exact) mass is 496 g/mol. The molecule has 1 heterocycles. The number of fused-ring (bicyclic) bond motifs is 1. The summed E-state index contributed by atoms with van der Waals surface area (Å²) < 4.78 is 31.8. The minimum Gasteiger partial charge on any atom is -0.383 e. The van der Waals surface area contributed by atoms with Crippen LogP contribution in [0.4, 0.5) is 5.69 Å². The molecule has 10 heteroatoms. The van der Waals surface area contributed by atoms with E-state index in [1.165, 1.54) is 31.4 Å². The SMILES string of the molecule is COCCNS(=O)(=O)c1ccc(C(=O)Nc2ccc(Cl)c(-c3cnc4ccccc4n3)c2)cc1. The van der Waals surface area contributed by atoms with Gasteiger partial charge in [-0.25, -0.2) is 18.1 Å². The molecule has 4 rings (SSSR count). The number of aromatic nitrogens is 2. The summed E-state index contributed by atoms with van der Waals surface area (Å²) in [5.74, 6) is -0.394. The van der Waals surface area contributed by atoms with Crippen molar-refractivity contribution >= 4 is 44.3 Å². The minimum atomic E-state index is -3.68. The van der Waals surface area contributed by atoms with Crippen molar-refractivity contribution in [3.05, 3.63) is 83.5 Å². The molecular weight excluding hydrogens is 476 g/mol. The molecule has 0 aliphatic carbocycles. The lowest BCUT2D eigenvalue weighted by Crippen LogP contribution is -2.27. The Labute approximate surface area is 202 Å². The average molecular weight is 497 g/mol. The number of para-hydroxylation sites is 2. The third-order valence-electron chi connectivity index (χ3n) is 4.97. The molecule has 0 fully saturated rings. The Hall–Kier alpha value is -3.37. The Balaban J connectivity index is 1.52. The number of hydrogen-bond donors (Lipinski definition) is 2. The first kappa shape index (κ1) is 23.8. The topological polar surface area (TPSA) is 110 Å². The highest BCUT2D eigenvalue weighted by Gasteiger charge is 2.15. The molecular formula is C24H21ClN4O4S. The summed E-state index contributed by atoms with van der Waals surface area (Å²) in [6, 6.07) is 18.2. The molecule has 0 bridgehead atoms. The molecule has 34 heavy (non-hydrogen) atoms. The van der Waals surface area contributed by atoms with Gasteiger partial charge >= 0.3 is 0 Å². The number of carbonyl (C=O) groups is 1. The van der Waals surface area contributed by atoms with E-state index >= 15 is 0 Å². The zero-order valence-corrected chi connectivity index (χ0v) is 19.7. The highest BCUT2D eigenvalue weighted by atomic mass is 35.5. The lowest BCUT2D eigenvalue weighted by atomic mass is 10.1. The maximum Gasteiger partial charge on any atom is 0.255 e. The van der Waals surface area contributed by atoms with Gasteiger partial charge in [0, 0.05) is 30.5 Å². The van der Waals surface area contributed by atoms with Crippen LogP contribution in [0.15, 0.2) is 77.8 Å². The second kappa shape index (κ2) is 10.3. The van der Waals surface area contributed by atoms with E-state index in [4.69, 9.17) is 16.3 Å². The molecule has 0 atom stereocenters. The number of nitrogens with one attached hydrogen (secondary N) is 2. The Morgan fingerprint density at radius 3 is 2.50 bits per heavy atom. The van der Waals surface area contributed by atoms with Crippen molar-refractivity contribution in [3.63, 3.8) is 0 Å². The molecule has 1 aromatic heterocycles. The molecule has 0 radical (unpaired) electrons. The zero-order chi connectivity index (χ0) is 24.1. The summed E-state index contributed by atoms with van der Waals surface area (Å²) in [4.78, 5) is 21.8. The van der Waals surface area contributed by atoms with Gasteiger partial charge in [-0.3, -0.25) is 9.78 Å². The Kier molecular flexibility index (Phi) is 7.18. The van der Waals surface area contributed by atoms with Crippen LogP contribution in [-0.4, -0.2) is 44.6 Å². The summed E-state index contributed by atoms with van der Waals surface area (Å²) in [6.07, 6.45) is 1.63. The van der Waals surface area contributed by atoms with E-state index in [2.05, 4.69) is 20.0 Å². The Bertz CT molecular complexity index is 1440. The first-order valence-corrected chi connectivity index (χ1v) is 12.2. The number of halogens is 1. The van der Waals surface area contributed by atoms with Gasteiger partial charge in [-0.1, -0.05) is 23.7 Å². The van der Waals surface area contributed by atoms with E-state index in [1.807, 2.05) is 24.3 Å². The van der Waals surface area contributed by atoms with E-state index in [-0.39, 0.29) is 18.0 Å². The van der Waals surface area contributed by atoms with E-state index in [0.29, 0.717) is 27.5 Å². The second-order valence-corrected chi connectivity index (χ2v) is 9.48. The van der Waals surface area contributed by atoms with Gasteiger partial charge in [0.25, 0.3) is 5.91 Å². The molecule has 3 aromatic carbocycles. The predicted octanol–water partition coefficient (Wildman–Crippen LogP) is 4.13. The molecule has 0 unspecified atom stereocenters. The standard InChI is InChI=1S/C24H21ClN4O4S/c1-33-13-12-27-34(31,32)18-9-6-16(7-10-18)24(30)28-17-8-11-20(25)19(14-17)23-15-26-21-4-2-3-5-22(21)29-23/h2-11,14-15,27H,12-13H2,1H3,(H,28,30). The van der Waals surface area contributed by atoms with Crippen LogP contribution in [-0.2, 0) is 14.8 Å². The Morgan fingerprint density at radius 1 is 1.03 bits per heavy atom. The first-order chi connectivity index (χ1) is 16.4. The van der Waals surface area contributed by atoms with Gasteiger partial charge in [0.2, 0.25) is 10.0 Å². The molecule has 174 valence electrons.